The molecule has 0 aliphatic carbocycles. The molecule has 1 heterocycles. The van der Waals surface area contributed by atoms with Gasteiger partial charge in [0, 0.05) is 22.1 Å². The number of para-hydroxylation sites is 1. The van der Waals surface area contributed by atoms with Crippen molar-refractivity contribution in [1.29, 1.82) is 0 Å². The van der Waals surface area contributed by atoms with E-state index in [-0.39, 0.29) is 11.3 Å². The summed E-state index contributed by atoms with van der Waals surface area (Å²) in [7, 11) is 1.08. The van der Waals surface area contributed by atoms with Crippen molar-refractivity contribution in [3.63, 3.8) is 0 Å². The van der Waals surface area contributed by atoms with Gasteiger partial charge in [-0.2, -0.15) is 0 Å². The van der Waals surface area contributed by atoms with Gasteiger partial charge in [-0.05, 0) is 25.5 Å². The molecule has 1 aliphatic heterocycles. The van der Waals surface area contributed by atoms with E-state index < -0.39 is 10.8 Å². The average molecular weight is 281 g/mol. The summed E-state index contributed by atoms with van der Waals surface area (Å²) in [6.45, 7) is 4.87. The topological polar surface area (TPSA) is 38.3 Å². The second-order valence-corrected chi connectivity index (χ2v) is 7.20. The van der Waals surface area contributed by atoms with E-state index in [1.54, 1.807) is 0 Å². The molecule has 1 aromatic rings. The van der Waals surface area contributed by atoms with Crippen LogP contribution in [0.4, 0.5) is 0 Å². The van der Waals surface area contributed by atoms with Gasteiger partial charge in [0.2, 0.25) is 0 Å². The quantitative estimate of drug-likeness (QED) is 0.901. The van der Waals surface area contributed by atoms with E-state index in [0.29, 0.717) is 12.5 Å². The fourth-order valence-corrected chi connectivity index (χ4v) is 4.22. The Labute approximate surface area is 118 Å². The maximum Gasteiger partial charge on any atom is 0.124 e. The van der Waals surface area contributed by atoms with E-state index in [1.165, 1.54) is 0 Å². The minimum Gasteiger partial charge on any atom is -0.492 e. The maximum atomic E-state index is 12.5. The van der Waals surface area contributed by atoms with Crippen molar-refractivity contribution in [2.75, 3.05) is 19.4 Å². The van der Waals surface area contributed by atoms with Gasteiger partial charge in [-0.25, -0.2) is 0 Å². The third kappa shape index (κ3) is 3.37. The molecule has 0 aromatic heterocycles. The molecule has 0 saturated heterocycles. The van der Waals surface area contributed by atoms with Crippen molar-refractivity contribution in [3.8, 4) is 5.75 Å². The lowest BCUT2D eigenvalue weighted by Gasteiger charge is -2.33. The highest BCUT2D eigenvalue weighted by Gasteiger charge is 2.33. The van der Waals surface area contributed by atoms with Gasteiger partial charge in [-0.3, -0.25) is 4.21 Å². The molecule has 4 heteroatoms. The first-order valence-electron chi connectivity index (χ1n) is 6.89. The number of nitrogens with one attached hydrogen (secondary N) is 1. The first-order valence-corrected chi connectivity index (χ1v) is 8.28. The molecule has 3 nitrogen and oxygen atoms in total. The fraction of sp³-hybridized carbons (Fsp3) is 0.600. The molecule has 0 fully saturated rings. The van der Waals surface area contributed by atoms with E-state index in [1.807, 2.05) is 25.2 Å². The Morgan fingerprint density at radius 1 is 1.42 bits per heavy atom. The van der Waals surface area contributed by atoms with Gasteiger partial charge < -0.3 is 10.1 Å². The predicted octanol–water partition coefficient (Wildman–Crippen LogP) is 2.50. The van der Waals surface area contributed by atoms with Crippen LogP contribution in [0.1, 0.15) is 31.9 Å². The number of hydrogen-bond acceptors (Lipinski definition) is 3. The van der Waals surface area contributed by atoms with Crippen LogP contribution in [0, 0.1) is 5.92 Å². The van der Waals surface area contributed by atoms with Crippen molar-refractivity contribution in [1.82, 2.24) is 5.32 Å². The van der Waals surface area contributed by atoms with Crippen LogP contribution in [0.2, 0.25) is 0 Å². The van der Waals surface area contributed by atoms with Crippen LogP contribution >= 0.6 is 0 Å². The van der Waals surface area contributed by atoms with E-state index in [0.717, 1.165) is 23.5 Å². The summed E-state index contributed by atoms with van der Waals surface area (Å²) in [5.74, 6) is 2.26. The van der Waals surface area contributed by atoms with Gasteiger partial charge in [0.1, 0.15) is 12.4 Å². The third-order valence-electron chi connectivity index (χ3n) is 3.57. The van der Waals surface area contributed by atoms with Gasteiger partial charge in [0.15, 0.2) is 0 Å². The largest absolute Gasteiger partial charge is 0.492 e. The SMILES string of the molecule is CNC1c2ccccc2OCC1S(=O)CCC(C)C. The number of ether oxygens (including phenoxy) is 1. The number of hydrogen-bond donors (Lipinski definition) is 1. The molecule has 0 saturated carbocycles. The van der Waals surface area contributed by atoms with Gasteiger partial charge in [-0.15, -0.1) is 0 Å². The van der Waals surface area contributed by atoms with E-state index in [2.05, 4.69) is 25.2 Å². The summed E-state index contributed by atoms with van der Waals surface area (Å²) in [4.78, 5) is 0. The lowest BCUT2D eigenvalue weighted by atomic mass is 10.0. The zero-order valence-corrected chi connectivity index (χ0v) is 12.7. The summed E-state index contributed by atoms with van der Waals surface area (Å²) in [5, 5.41) is 3.35. The third-order valence-corrected chi connectivity index (χ3v) is 5.30. The van der Waals surface area contributed by atoms with E-state index >= 15 is 0 Å². The van der Waals surface area contributed by atoms with E-state index in [9.17, 15) is 4.21 Å². The first-order chi connectivity index (χ1) is 9.13. The minimum atomic E-state index is -0.852. The molecule has 3 unspecified atom stereocenters. The Morgan fingerprint density at radius 2 is 2.16 bits per heavy atom. The van der Waals surface area contributed by atoms with Crippen molar-refractivity contribution in [3.05, 3.63) is 29.8 Å². The summed E-state index contributed by atoms with van der Waals surface area (Å²) in [6.07, 6.45) is 1.00. The number of rotatable bonds is 5. The number of benzene rings is 1. The molecule has 19 heavy (non-hydrogen) atoms. The molecule has 0 amide bonds. The van der Waals surface area contributed by atoms with E-state index in [4.69, 9.17) is 4.74 Å². The Morgan fingerprint density at radius 3 is 2.84 bits per heavy atom. The Balaban J connectivity index is 2.13. The van der Waals surface area contributed by atoms with Gasteiger partial charge >= 0.3 is 0 Å². The highest BCUT2D eigenvalue weighted by Crippen LogP contribution is 2.34. The van der Waals surface area contributed by atoms with Crippen molar-refractivity contribution >= 4 is 10.8 Å². The Hall–Kier alpha value is -0.870. The predicted molar refractivity (Wildman–Crippen MR) is 80.0 cm³/mol. The zero-order valence-electron chi connectivity index (χ0n) is 11.9. The molecule has 1 aliphatic rings. The van der Waals surface area contributed by atoms with Crippen LogP contribution < -0.4 is 10.1 Å². The lowest BCUT2D eigenvalue weighted by molar-refractivity contribution is 0.262. The smallest absolute Gasteiger partial charge is 0.124 e. The molecular weight excluding hydrogens is 258 g/mol. The molecule has 1 aromatic carbocycles. The van der Waals surface area contributed by atoms with Gasteiger partial charge in [0.05, 0.1) is 11.3 Å². The van der Waals surface area contributed by atoms with Crippen molar-refractivity contribution in [2.45, 2.75) is 31.6 Å². The molecule has 0 spiro atoms. The minimum absolute atomic E-state index is 0.0404. The van der Waals surface area contributed by atoms with Crippen LogP contribution in [0.25, 0.3) is 0 Å². The molecule has 1 N–H and O–H groups in total. The van der Waals surface area contributed by atoms with Crippen LogP contribution in [0.15, 0.2) is 24.3 Å². The Bertz CT molecular complexity index is 448. The normalized spacial score (nSPS) is 23.8. The molecule has 3 atom stereocenters. The van der Waals surface area contributed by atoms with Crippen LogP contribution in [0.5, 0.6) is 5.75 Å². The fourth-order valence-electron chi connectivity index (χ4n) is 2.41. The highest BCUT2D eigenvalue weighted by molar-refractivity contribution is 7.85. The zero-order chi connectivity index (χ0) is 13.8. The molecule has 0 bridgehead atoms. The summed E-state index contributed by atoms with van der Waals surface area (Å²) >= 11 is 0. The lowest BCUT2D eigenvalue weighted by Crippen LogP contribution is -2.41. The Kier molecular flexibility index (Phi) is 4.99. The molecule has 106 valence electrons. The highest BCUT2D eigenvalue weighted by atomic mass is 32.2. The van der Waals surface area contributed by atoms with Crippen molar-refractivity contribution in [2.24, 2.45) is 5.92 Å². The number of fused-ring (bicyclic) bond motifs is 1. The van der Waals surface area contributed by atoms with Crippen LogP contribution in [0.3, 0.4) is 0 Å². The summed E-state index contributed by atoms with van der Waals surface area (Å²) in [6, 6.07) is 8.14. The standard InChI is InChI=1S/C15H23NO2S/c1-11(2)8-9-19(17)14-10-18-13-7-5-4-6-12(13)15(14)16-3/h4-7,11,14-16H,8-10H2,1-3H3. The second-order valence-electron chi connectivity index (χ2n) is 5.42. The van der Waals surface area contributed by atoms with Gasteiger partial charge in [0.25, 0.3) is 0 Å². The maximum absolute atomic E-state index is 12.5. The monoisotopic (exact) mass is 281 g/mol. The average Bonchev–Trinajstić information content (AvgIpc) is 2.43. The molecule has 0 radical (unpaired) electrons. The van der Waals surface area contributed by atoms with Crippen LogP contribution in [-0.2, 0) is 10.8 Å². The van der Waals surface area contributed by atoms with Gasteiger partial charge in [-0.1, -0.05) is 32.0 Å². The molecular formula is C15H23NO2S. The second kappa shape index (κ2) is 6.53. The van der Waals surface area contributed by atoms with Crippen LogP contribution in [-0.4, -0.2) is 28.9 Å². The molecule has 2 rings (SSSR count). The summed E-state index contributed by atoms with van der Waals surface area (Å²) in [5.41, 5.74) is 1.12. The summed E-state index contributed by atoms with van der Waals surface area (Å²) < 4.78 is 18.2. The first kappa shape index (κ1) is 14.5. The van der Waals surface area contributed by atoms with Crippen molar-refractivity contribution < 1.29 is 8.95 Å².